The van der Waals surface area contributed by atoms with Gasteiger partial charge in [0, 0.05) is 17.7 Å². The van der Waals surface area contributed by atoms with Gasteiger partial charge in [0.1, 0.15) is 6.61 Å². The first-order valence-corrected chi connectivity index (χ1v) is 14.6. The van der Waals surface area contributed by atoms with Crippen LogP contribution in [0.3, 0.4) is 0 Å². The van der Waals surface area contributed by atoms with Crippen molar-refractivity contribution in [2.45, 2.75) is 19.3 Å². The van der Waals surface area contributed by atoms with Crippen LogP contribution in [0.15, 0.2) is 146 Å². The van der Waals surface area contributed by atoms with Crippen molar-refractivity contribution in [1.82, 2.24) is 0 Å². The maximum atomic E-state index is 9.83. The summed E-state index contributed by atoms with van der Waals surface area (Å²) in [6.45, 7) is 5.21. The molecule has 2 heteroatoms. The van der Waals surface area contributed by atoms with Crippen LogP contribution in [0.4, 0.5) is 5.69 Å². The lowest BCUT2D eigenvalue weighted by atomic mass is 9.81. The van der Waals surface area contributed by atoms with Crippen LogP contribution >= 0.6 is 0 Å². The summed E-state index contributed by atoms with van der Waals surface area (Å²) in [7, 11) is 0. The van der Waals surface area contributed by atoms with Crippen molar-refractivity contribution in [2.75, 3.05) is 13.2 Å². The highest BCUT2D eigenvalue weighted by atomic mass is 16.3. The number of hydrogen-bond donors (Lipinski definition) is 1. The second-order valence-electron chi connectivity index (χ2n) is 11.2. The second-order valence-corrected chi connectivity index (χ2v) is 11.2. The molecule has 0 radical (unpaired) electrons. The van der Waals surface area contributed by atoms with E-state index in [9.17, 15) is 5.11 Å². The zero-order valence-corrected chi connectivity index (χ0v) is 24.2. The van der Waals surface area contributed by atoms with Gasteiger partial charge in [-0.1, -0.05) is 133 Å². The van der Waals surface area contributed by atoms with Crippen LogP contribution in [0, 0.1) is 0 Å². The lowest BCUT2D eigenvalue weighted by molar-refractivity contribution is -0.440. The Balaban J connectivity index is 1.44. The average Bonchev–Trinajstić information content (AvgIpc) is 3.26. The zero-order valence-electron chi connectivity index (χ0n) is 24.2. The highest BCUT2D eigenvalue weighted by Crippen LogP contribution is 2.40. The van der Waals surface area contributed by atoms with Crippen LogP contribution in [0.2, 0.25) is 0 Å². The minimum absolute atomic E-state index is 0.107. The number of rotatable bonds is 8. The van der Waals surface area contributed by atoms with E-state index in [1.807, 2.05) is 0 Å². The fourth-order valence-electron chi connectivity index (χ4n) is 6.14. The third-order valence-electron chi connectivity index (χ3n) is 8.19. The summed E-state index contributed by atoms with van der Waals surface area (Å²) < 4.78 is 2.25. The number of para-hydroxylation sites is 1. The van der Waals surface area contributed by atoms with E-state index in [0.29, 0.717) is 6.54 Å². The molecule has 0 unspecified atom stereocenters. The van der Waals surface area contributed by atoms with E-state index in [0.717, 1.165) is 5.56 Å². The maximum Gasteiger partial charge on any atom is 0.209 e. The predicted octanol–water partition coefficient (Wildman–Crippen LogP) is 8.78. The van der Waals surface area contributed by atoms with Crippen LogP contribution in [-0.2, 0) is 5.41 Å². The van der Waals surface area contributed by atoms with Gasteiger partial charge in [-0.2, -0.15) is 4.58 Å². The number of aliphatic hydroxyl groups is 1. The first-order chi connectivity index (χ1) is 20.6. The molecule has 1 heterocycles. The Hall–Kier alpha value is -4.79. The molecule has 0 aliphatic carbocycles. The van der Waals surface area contributed by atoms with Crippen LogP contribution in [0.1, 0.15) is 47.2 Å². The Morgan fingerprint density at radius 2 is 1.02 bits per heavy atom. The molecule has 5 aromatic rings. The van der Waals surface area contributed by atoms with Crippen molar-refractivity contribution in [3.05, 3.63) is 179 Å². The van der Waals surface area contributed by atoms with Crippen LogP contribution < -0.4 is 0 Å². The molecule has 0 spiro atoms. The standard InChI is InChI=1S/C40H36NO/c1-40(2)35-20-12-13-21-36(35)41(28-29-42)37(40)27-24-30-22-25-34(26-23-30)39(33-18-10-5-11-19-33)38(31-14-6-3-7-15-31)32-16-8-4-9-17-32/h3-27,42H,28-29H2,1-2H3/q+1/b27-24+. The van der Waals surface area contributed by atoms with Crippen LogP contribution in [0.25, 0.3) is 17.2 Å². The molecule has 0 saturated carbocycles. The predicted molar refractivity (Wildman–Crippen MR) is 176 cm³/mol. The molecule has 0 bridgehead atoms. The first kappa shape index (κ1) is 27.4. The molecule has 1 N–H and O–H groups in total. The lowest BCUT2D eigenvalue weighted by Crippen LogP contribution is -2.28. The van der Waals surface area contributed by atoms with Gasteiger partial charge in [0.15, 0.2) is 12.3 Å². The average molecular weight is 547 g/mol. The molecule has 1 aliphatic heterocycles. The molecule has 206 valence electrons. The molecule has 1 aliphatic rings. The van der Waals surface area contributed by atoms with E-state index in [1.54, 1.807) is 0 Å². The molecule has 0 aromatic heterocycles. The van der Waals surface area contributed by atoms with E-state index in [-0.39, 0.29) is 12.0 Å². The van der Waals surface area contributed by atoms with Gasteiger partial charge in [-0.3, -0.25) is 0 Å². The van der Waals surface area contributed by atoms with E-state index < -0.39 is 0 Å². The first-order valence-electron chi connectivity index (χ1n) is 14.6. The number of nitrogens with zero attached hydrogens (tertiary/aromatic N) is 1. The molecular weight excluding hydrogens is 510 g/mol. The topological polar surface area (TPSA) is 23.2 Å². The number of benzene rings is 5. The fourth-order valence-corrected chi connectivity index (χ4v) is 6.14. The summed E-state index contributed by atoms with van der Waals surface area (Å²) in [4.78, 5) is 0. The highest BCUT2D eigenvalue weighted by Gasteiger charge is 2.43. The number of allylic oxidation sites excluding steroid dienone is 1. The molecule has 0 saturated heterocycles. The Morgan fingerprint density at radius 1 is 0.571 bits per heavy atom. The molecule has 0 fully saturated rings. The quantitative estimate of drug-likeness (QED) is 0.153. The third-order valence-corrected chi connectivity index (χ3v) is 8.19. The number of fused-ring (bicyclic) bond motifs is 1. The Morgan fingerprint density at radius 3 is 1.52 bits per heavy atom. The van der Waals surface area contributed by atoms with Gasteiger partial charge < -0.3 is 5.11 Å². The number of aliphatic hydroxyl groups excluding tert-OH is 1. The van der Waals surface area contributed by atoms with Crippen LogP contribution in [0.5, 0.6) is 0 Å². The highest BCUT2D eigenvalue weighted by molar-refractivity contribution is 6.06. The van der Waals surface area contributed by atoms with Crippen molar-refractivity contribution in [1.29, 1.82) is 0 Å². The van der Waals surface area contributed by atoms with Crippen molar-refractivity contribution in [3.63, 3.8) is 0 Å². The van der Waals surface area contributed by atoms with Gasteiger partial charge in [-0.15, -0.1) is 0 Å². The van der Waals surface area contributed by atoms with E-state index in [2.05, 4.69) is 170 Å². The van der Waals surface area contributed by atoms with E-state index >= 15 is 0 Å². The van der Waals surface area contributed by atoms with Crippen molar-refractivity contribution in [3.8, 4) is 0 Å². The van der Waals surface area contributed by atoms with Crippen molar-refractivity contribution in [2.24, 2.45) is 0 Å². The molecule has 0 atom stereocenters. The Kier molecular flexibility index (Phi) is 7.81. The molecule has 42 heavy (non-hydrogen) atoms. The van der Waals surface area contributed by atoms with Gasteiger partial charge in [-0.05, 0) is 58.9 Å². The minimum atomic E-state index is -0.147. The SMILES string of the molecule is CC1(C)C(/C=C/c2ccc(C(=C(c3ccccc3)c3ccccc3)c3ccccc3)cc2)=[N+](CCO)c2ccccc21. The molecule has 2 nitrogen and oxygen atoms in total. The summed E-state index contributed by atoms with van der Waals surface area (Å²) in [5, 5.41) is 9.83. The van der Waals surface area contributed by atoms with E-state index in [4.69, 9.17) is 0 Å². The smallest absolute Gasteiger partial charge is 0.209 e. The maximum absolute atomic E-state index is 9.83. The van der Waals surface area contributed by atoms with E-state index in [1.165, 1.54) is 50.4 Å². The van der Waals surface area contributed by atoms with Gasteiger partial charge in [-0.25, -0.2) is 0 Å². The summed E-state index contributed by atoms with van der Waals surface area (Å²) in [6.07, 6.45) is 4.41. The fraction of sp³-hybridized carbons (Fsp3) is 0.125. The number of β-amino-alcohol motifs (C(OH)–C–C–N with tert-alkyl or cyclic N) is 1. The number of hydrogen-bond acceptors (Lipinski definition) is 1. The van der Waals surface area contributed by atoms with Crippen molar-refractivity contribution < 1.29 is 9.68 Å². The monoisotopic (exact) mass is 546 g/mol. The largest absolute Gasteiger partial charge is 0.390 e. The Bertz CT molecular complexity index is 1720. The summed E-state index contributed by atoms with van der Waals surface area (Å²) in [5.41, 5.74) is 11.8. The normalized spacial score (nSPS) is 13.8. The second kappa shape index (κ2) is 12.0. The summed E-state index contributed by atoms with van der Waals surface area (Å²) >= 11 is 0. The third kappa shape index (κ3) is 5.30. The zero-order chi connectivity index (χ0) is 28.9. The van der Waals surface area contributed by atoms with Gasteiger partial charge in [0.05, 0.1) is 5.41 Å². The summed E-state index contributed by atoms with van der Waals surface area (Å²) in [5.74, 6) is 0. The van der Waals surface area contributed by atoms with Gasteiger partial charge >= 0.3 is 0 Å². The van der Waals surface area contributed by atoms with Crippen LogP contribution in [-0.4, -0.2) is 28.5 Å². The van der Waals surface area contributed by atoms with Crippen molar-refractivity contribution >= 4 is 28.6 Å². The Labute approximate surface area is 249 Å². The molecule has 0 amide bonds. The molecule has 6 rings (SSSR count). The van der Waals surface area contributed by atoms with Gasteiger partial charge in [0.2, 0.25) is 5.69 Å². The summed E-state index contributed by atoms with van der Waals surface area (Å²) in [6, 6.07) is 49.4. The lowest BCUT2D eigenvalue weighted by Gasteiger charge is -2.18. The van der Waals surface area contributed by atoms with Gasteiger partial charge in [0.25, 0.3) is 0 Å². The molecule has 5 aromatic carbocycles. The minimum Gasteiger partial charge on any atom is -0.390 e. The molecular formula is C40H36NO+.